The highest BCUT2D eigenvalue weighted by molar-refractivity contribution is 6.01. The lowest BCUT2D eigenvalue weighted by molar-refractivity contribution is -0.137. The van der Waals surface area contributed by atoms with E-state index >= 15 is 0 Å². The molecule has 3 heterocycles. The smallest absolute Gasteiger partial charge is 0.325 e. The highest BCUT2D eigenvalue weighted by Crippen LogP contribution is 2.36. The minimum absolute atomic E-state index is 0.00887. The Labute approximate surface area is 185 Å². The zero-order chi connectivity index (χ0) is 23.2. The Morgan fingerprint density at radius 1 is 1.00 bits per heavy atom. The van der Waals surface area contributed by atoms with Crippen LogP contribution in [-0.4, -0.2) is 37.9 Å². The summed E-state index contributed by atoms with van der Waals surface area (Å²) in [7, 11) is 0. The van der Waals surface area contributed by atoms with Crippen molar-refractivity contribution in [3.63, 3.8) is 0 Å². The number of carbonyl (C=O) groups excluding carboxylic acids is 2. The molecule has 2 aromatic carbocycles. The number of halogens is 3. The van der Waals surface area contributed by atoms with Crippen molar-refractivity contribution in [2.45, 2.75) is 12.7 Å². The maximum absolute atomic E-state index is 13.4. The molecule has 0 bridgehead atoms. The highest BCUT2D eigenvalue weighted by Gasteiger charge is 2.33. The highest BCUT2D eigenvalue weighted by atomic mass is 19.4. The van der Waals surface area contributed by atoms with Gasteiger partial charge in [0.2, 0.25) is 11.9 Å². The Kier molecular flexibility index (Phi) is 4.85. The number of pyridine rings is 1. The Bertz CT molecular complexity index is 1400. The molecule has 33 heavy (non-hydrogen) atoms. The van der Waals surface area contributed by atoms with E-state index < -0.39 is 17.6 Å². The van der Waals surface area contributed by atoms with Crippen LogP contribution in [0.1, 0.15) is 21.5 Å². The summed E-state index contributed by atoms with van der Waals surface area (Å²) in [6, 6.07) is 15.4. The molecule has 0 spiro atoms. The van der Waals surface area contributed by atoms with Crippen LogP contribution < -0.4 is 5.32 Å². The molecule has 1 aliphatic rings. The predicted molar refractivity (Wildman–Crippen MR) is 113 cm³/mol. The summed E-state index contributed by atoms with van der Waals surface area (Å²) in [4.78, 5) is 30.5. The van der Waals surface area contributed by atoms with Crippen molar-refractivity contribution in [3.8, 4) is 11.1 Å². The molecule has 0 fully saturated rings. The summed E-state index contributed by atoms with van der Waals surface area (Å²) in [5.74, 6) is -0.711. The van der Waals surface area contributed by atoms with Crippen LogP contribution in [0, 0.1) is 0 Å². The molecule has 7 nitrogen and oxygen atoms in total. The van der Waals surface area contributed by atoms with Crippen LogP contribution >= 0.6 is 0 Å². The Morgan fingerprint density at radius 2 is 1.73 bits per heavy atom. The minimum Gasteiger partial charge on any atom is -0.325 e. The number of hydrogen-bond acceptors (Lipinski definition) is 4. The van der Waals surface area contributed by atoms with Gasteiger partial charge >= 0.3 is 6.18 Å². The first-order chi connectivity index (χ1) is 15.8. The number of amides is 2. The van der Waals surface area contributed by atoms with Gasteiger partial charge in [0, 0.05) is 23.9 Å². The largest absolute Gasteiger partial charge is 0.417 e. The molecule has 166 valence electrons. The number of rotatable bonds is 4. The summed E-state index contributed by atoms with van der Waals surface area (Å²) in [6.45, 7) is 0.163. The van der Waals surface area contributed by atoms with Crippen LogP contribution in [0.5, 0.6) is 0 Å². The zero-order valence-electron chi connectivity index (χ0n) is 17.0. The van der Waals surface area contributed by atoms with E-state index in [0.717, 1.165) is 11.6 Å². The summed E-state index contributed by atoms with van der Waals surface area (Å²) < 4.78 is 41.4. The van der Waals surface area contributed by atoms with E-state index in [2.05, 4.69) is 15.4 Å². The zero-order valence-corrected chi connectivity index (χ0v) is 17.0. The third-order valence-corrected chi connectivity index (χ3v) is 5.36. The molecule has 1 N–H and O–H groups in total. The first-order valence-electron chi connectivity index (χ1n) is 10.00. The number of nitrogens with one attached hydrogen (secondary N) is 1. The number of fused-ring (bicyclic) bond motifs is 2. The molecular formula is C23H16F3N5O2. The molecule has 1 aliphatic heterocycles. The number of anilines is 1. The van der Waals surface area contributed by atoms with Crippen LogP contribution in [-0.2, 0) is 17.5 Å². The number of carbonyl (C=O) groups is 2. The molecule has 0 saturated heterocycles. The van der Waals surface area contributed by atoms with Crippen LogP contribution in [0.2, 0.25) is 0 Å². The van der Waals surface area contributed by atoms with Crippen LogP contribution in [0.25, 0.3) is 16.8 Å². The van der Waals surface area contributed by atoms with E-state index in [-0.39, 0.29) is 24.0 Å². The number of hydrogen-bond donors (Lipinski definition) is 1. The Morgan fingerprint density at radius 3 is 2.48 bits per heavy atom. The van der Waals surface area contributed by atoms with Gasteiger partial charge in [-0.1, -0.05) is 36.4 Å². The molecule has 4 aromatic rings. The molecule has 0 atom stereocenters. The van der Waals surface area contributed by atoms with E-state index in [0.29, 0.717) is 23.3 Å². The van der Waals surface area contributed by atoms with Crippen molar-refractivity contribution in [1.82, 2.24) is 19.5 Å². The topological polar surface area (TPSA) is 79.6 Å². The summed E-state index contributed by atoms with van der Waals surface area (Å²) in [5, 5.41) is 6.70. The normalized spacial score (nSPS) is 13.4. The predicted octanol–water partition coefficient (Wildman–Crippen LogP) is 4.01. The van der Waals surface area contributed by atoms with Gasteiger partial charge < -0.3 is 4.90 Å². The maximum atomic E-state index is 13.4. The van der Waals surface area contributed by atoms with Crippen molar-refractivity contribution < 1.29 is 22.8 Å². The Hall–Kier alpha value is -4.21. The van der Waals surface area contributed by atoms with E-state index in [4.69, 9.17) is 0 Å². The molecule has 10 heteroatoms. The quantitative estimate of drug-likeness (QED) is 0.509. The average molecular weight is 451 g/mol. The summed E-state index contributed by atoms with van der Waals surface area (Å²) in [5.41, 5.74) is 1.34. The molecule has 2 aromatic heterocycles. The van der Waals surface area contributed by atoms with E-state index in [1.165, 1.54) is 45.9 Å². The van der Waals surface area contributed by atoms with Gasteiger partial charge in [0.25, 0.3) is 5.91 Å². The molecule has 2 amide bonds. The molecule has 5 rings (SSSR count). The molecular weight excluding hydrogens is 435 g/mol. The fraction of sp³-hybridized carbons (Fsp3) is 0.130. The summed E-state index contributed by atoms with van der Waals surface area (Å²) >= 11 is 0. The van der Waals surface area contributed by atoms with Crippen molar-refractivity contribution in [3.05, 3.63) is 83.6 Å². The molecule has 0 aliphatic carbocycles. The number of nitrogens with zero attached hydrogens (tertiary/aromatic N) is 4. The van der Waals surface area contributed by atoms with E-state index in [1.807, 2.05) is 12.1 Å². The van der Waals surface area contributed by atoms with Crippen LogP contribution in [0.3, 0.4) is 0 Å². The van der Waals surface area contributed by atoms with Crippen molar-refractivity contribution in [2.24, 2.45) is 0 Å². The van der Waals surface area contributed by atoms with E-state index in [9.17, 15) is 22.8 Å². The van der Waals surface area contributed by atoms with Gasteiger partial charge in [-0.05, 0) is 35.4 Å². The van der Waals surface area contributed by atoms with Crippen LogP contribution in [0.4, 0.5) is 19.1 Å². The number of alkyl halides is 3. The van der Waals surface area contributed by atoms with Crippen LogP contribution in [0.15, 0.2) is 66.9 Å². The Balaban J connectivity index is 1.34. The van der Waals surface area contributed by atoms with Gasteiger partial charge in [-0.2, -0.15) is 18.2 Å². The number of aromatic nitrogens is 3. The first kappa shape index (κ1) is 20.7. The summed E-state index contributed by atoms with van der Waals surface area (Å²) in [6.07, 6.45) is -3.08. The van der Waals surface area contributed by atoms with Gasteiger partial charge in [0.05, 0.1) is 5.56 Å². The van der Waals surface area contributed by atoms with Gasteiger partial charge in [0.1, 0.15) is 6.54 Å². The number of benzene rings is 2. The second-order valence-corrected chi connectivity index (χ2v) is 7.57. The van der Waals surface area contributed by atoms with Crippen molar-refractivity contribution in [2.75, 3.05) is 11.9 Å². The van der Waals surface area contributed by atoms with Gasteiger partial charge in [-0.3, -0.25) is 14.9 Å². The second-order valence-electron chi connectivity index (χ2n) is 7.57. The molecule has 0 radical (unpaired) electrons. The van der Waals surface area contributed by atoms with Crippen molar-refractivity contribution in [1.29, 1.82) is 0 Å². The van der Waals surface area contributed by atoms with Gasteiger partial charge in [-0.15, -0.1) is 5.10 Å². The lowest BCUT2D eigenvalue weighted by Crippen LogP contribution is -2.33. The average Bonchev–Trinajstić information content (AvgIpc) is 3.32. The third kappa shape index (κ3) is 3.91. The van der Waals surface area contributed by atoms with Gasteiger partial charge in [-0.25, -0.2) is 4.52 Å². The lowest BCUT2D eigenvalue weighted by atomic mass is 10.0. The fourth-order valence-corrected chi connectivity index (χ4v) is 3.86. The first-order valence-corrected chi connectivity index (χ1v) is 10.00. The maximum Gasteiger partial charge on any atom is 0.417 e. The molecule has 0 saturated carbocycles. The standard InChI is InChI=1S/C23H16F3N5O2/c24-23(25,26)18-8-4-3-6-16(18)15-9-10-19-27-22(29-31(19)12-15)28-20(32)13-30-11-14-5-1-2-7-17(14)21(30)33/h1-10,12H,11,13H2,(H,28,29,32). The van der Waals surface area contributed by atoms with Crippen molar-refractivity contribution >= 4 is 23.4 Å². The third-order valence-electron chi connectivity index (χ3n) is 5.36. The SMILES string of the molecule is O=C(CN1Cc2ccccc2C1=O)Nc1nc2ccc(-c3ccccc3C(F)(F)F)cn2n1. The monoisotopic (exact) mass is 451 g/mol. The minimum atomic E-state index is -4.50. The second kappa shape index (κ2) is 7.73. The molecule has 0 unspecified atom stereocenters. The lowest BCUT2D eigenvalue weighted by Gasteiger charge is -2.14. The fourth-order valence-electron chi connectivity index (χ4n) is 3.86. The van der Waals surface area contributed by atoms with Gasteiger partial charge in [0.15, 0.2) is 5.65 Å². The van der Waals surface area contributed by atoms with E-state index in [1.54, 1.807) is 12.1 Å².